The standard InChI is InChI=1S/C14H9BrF10N2S/c1-26-10-27(2-3-28-10)9-7(12(17,18)19)4-6(5-8(9)15)11(16,13(20,21)22)14(23,24)25/h2-5,10,26H,1H3. The van der Waals surface area contributed by atoms with Crippen LogP contribution in [0, 0.1) is 0 Å². The Kier molecular flexibility index (Phi) is 6.01. The van der Waals surface area contributed by atoms with Gasteiger partial charge in [0.05, 0.1) is 11.3 Å². The van der Waals surface area contributed by atoms with Gasteiger partial charge in [-0.05, 0) is 40.5 Å². The zero-order valence-electron chi connectivity index (χ0n) is 13.4. The molecule has 2 nitrogen and oxygen atoms in total. The lowest BCUT2D eigenvalue weighted by Gasteiger charge is -2.33. The maximum Gasteiger partial charge on any atom is 0.435 e. The first-order valence-electron chi connectivity index (χ1n) is 7.07. The molecule has 2 rings (SSSR count). The number of halogens is 11. The number of thioether (sulfide) groups is 1. The average Bonchev–Trinajstić information content (AvgIpc) is 2.98. The molecule has 0 fully saturated rings. The normalized spacial score (nSPS) is 18.9. The van der Waals surface area contributed by atoms with Crippen LogP contribution in [0.25, 0.3) is 0 Å². The number of benzene rings is 1. The number of nitrogens with one attached hydrogen (secondary N) is 1. The van der Waals surface area contributed by atoms with Gasteiger partial charge in [0.2, 0.25) is 0 Å². The maximum absolute atomic E-state index is 14.3. The van der Waals surface area contributed by atoms with Crippen molar-refractivity contribution in [1.82, 2.24) is 5.32 Å². The molecule has 158 valence electrons. The smallest absolute Gasteiger partial charge is 0.320 e. The fourth-order valence-corrected chi connectivity index (χ4v) is 3.94. The van der Waals surface area contributed by atoms with Crippen LogP contribution in [0.1, 0.15) is 11.1 Å². The van der Waals surface area contributed by atoms with Crippen molar-refractivity contribution in [2.45, 2.75) is 29.7 Å². The quantitative estimate of drug-likeness (QED) is 0.485. The van der Waals surface area contributed by atoms with Crippen molar-refractivity contribution < 1.29 is 43.9 Å². The van der Waals surface area contributed by atoms with Gasteiger partial charge in [-0.15, -0.1) is 0 Å². The number of rotatable bonds is 3. The van der Waals surface area contributed by atoms with Crippen LogP contribution in [0.3, 0.4) is 0 Å². The molecule has 0 aromatic heterocycles. The lowest BCUT2D eigenvalue weighted by atomic mass is 9.91. The fourth-order valence-electron chi connectivity index (χ4n) is 2.48. The van der Waals surface area contributed by atoms with E-state index in [4.69, 9.17) is 0 Å². The summed E-state index contributed by atoms with van der Waals surface area (Å²) in [5.74, 6) is 0. The van der Waals surface area contributed by atoms with E-state index < -0.39 is 57.0 Å². The van der Waals surface area contributed by atoms with Gasteiger partial charge in [0, 0.05) is 16.2 Å². The second kappa shape index (κ2) is 7.27. The van der Waals surface area contributed by atoms with Crippen molar-refractivity contribution in [2.24, 2.45) is 0 Å². The third-order valence-electron chi connectivity index (χ3n) is 3.73. The largest absolute Gasteiger partial charge is 0.435 e. The number of nitrogens with zero attached hydrogens (tertiary/aromatic N) is 1. The molecule has 0 saturated heterocycles. The van der Waals surface area contributed by atoms with Crippen LogP contribution in [0.15, 0.2) is 28.2 Å². The first-order valence-corrected chi connectivity index (χ1v) is 8.80. The van der Waals surface area contributed by atoms with Gasteiger partial charge < -0.3 is 4.90 Å². The fraction of sp³-hybridized carbons (Fsp3) is 0.429. The number of anilines is 1. The van der Waals surface area contributed by atoms with Crippen LogP contribution >= 0.6 is 27.7 Å². The summed E-state index contributed by atoms with van der Waals surface area (Å²) in [5, 5.41) is 3.98. The summed E-state index contributed by atoms with van der Waals surface area (Å²) in [4.78, 5) is 0.947. The van der Waals surface area contributed by atoms with Gasteiger partial charge in [-0.2, -0.15) is 39.5 Å². The van der Waals surface area contributed by atoms with Crippen molar-refractivity contribution in [1.29, 1.82) is 0 Å². The molecule has 1 aromatic rings. The van der Waals surface area contributed by atoms with Gasteiger partial charge in [0.1, 0.15) is 5.50 Å². The van der Waals surface area contributed by atoms with Crippen molar-refractivity contribution >= 4 is 33.4 Å². The molecule has 1 unspecified atom stereocenters. The first-order chi connectivity index (χ1) is 12.6. The van der Waals surface area contributed by atoms with Crippen molar-refractivity contribution in [2.75, 3.05) is 11.9 Å². The Hall–Kier alpha value is -1.15. The molecule has 1 heterocycles. The van der Waals surface area contributed by atoms with E-state index in [2.05, 4.69) is 21.2 Å². The van der Waals surface area contributed by atoms with Gasteiger partial charge >= 0.3 is 24.2 Å². The summed E-state index contributed by atoms with van der Waals surface area (Å²) in [7, 11) is 1.38. The van der Waals surface area contributed by atoms with E-state index in [1.54, 1.807) is 0 Å². The van der Waals surface area contributed by atoms with E-state index in [1.165, 1.54) is 12.5 Å². The Labute approximate surface area is 164 Å². The highest BCUT2D eigenvalue weighted by Crippen LogP contribution is 2.55. The van der Waals surface area contributed by atoms with E-state index in [0.717, 1.165) is 22.9 Å². The minimum absolute atomic E-state index is 0.0507. The highest BCUT2D eigenvalue weighted by Gasteiger charge is 2.73. The molecule has 1 aliphatic rings. The SMILES string of the molecule is CNC1SC=CN1c1c(Br)cc(C(F)(C(F)(F)F)C(F)(F)F)cc1C(F)(F)F. The van der Waals surface area contributed by atoms with E-state index >= 15 is 0 Å². The third kappa shape index (κ3) is 3.82. The Bertz CT molecular complexity index is 757. The minimum Gasteiger partial charge on any atom is -0.320 e. The van der Waals surface area contributed by atoms with Crippen LogP contribution < -0.4 is 10.2 Å². The Morgan fingerprint density at radius 3 is 1.93 bits per heavy atom. The molecule has 0 aliphatic carbocycles. The van der Waals surface area contributed by atoms with Gasteiger partial charge in [0.25, 0.3) is 0 Å². The number of alkyl halides is 10. The second-order valence-corrected chi connectivity index (χ2v) is 7.32. The lowest BCUT2D eigenvalue weighted by molar-refractivity contribution is -0.348. The van der Waals surface area contributed by atoms with Crippen LogP contribution in [-0.4, -0.2) is 24.9 Å². The van der Waals surface area contributed by atoms with Gasteiger partial charge in [0.15, 0.2) is 0 Å². The van der Waals surface area contributed by atoms with Crippen LogP contribution in [-0.2, 0) is 11.8 Å². The predicted molar refractivity (Wildman–Crippen MR) is 86.1 cm³/mol. The summed E-state index contributed by atoms with van der Waals surface area (Å²) in [5.41, 5.74) is -11.7. The monoisotopic (exact) mass is 506 g/mol. The predicted octanol–water partition coefficient (Wildman–Crippen LogP) is 6.28. The molecule has 0 amide bonds. The van der Waals surface area contributed by atoms with Crippen LogP contribution in [0.2, 0.25) is 0 Å². The summed E-state index contributed by atoms with van der Waals surface area (Å²) >= 11 is 3.57. The van der Waals surface area contributed by atoms with E-state index in [1.807, 2.05) is 0 Å². The molecule has 14 heteroatoms. The van der Waals surface area contributed by atoms with E-state index in [0.29, 0.717) is 0 Å². The third-order valence-corrected chi connectivity index (χ3v) is 5.34. The zero-order valence-corrected chi connectivity index (χ0v) is 15.8. The van der Waals surface area contributed by atoms with Crippen molar-refractivity contribution in [3.05, 3.63) is 39.3 Å². The van der Waals surface area contributed by atoms with Gasteiger partial charge in [-0.1, -0.05) is 11.8 Å². The highest BCUT2D eigenvalue weighted by molar-refractivity contribution is 9.10. The minimum atomic E-state index is -6.54. The molecule has 1 aromatic carbocycles. The molecule has 0 spiro atoms. The highest BCUT2D eigenvalue weighted by atomic mass is 79.9. The molecule has 0 bridgehead atoms. The first kappa shape index (κ1) is 23.1. The second-order valence-electron chi connectivity index (χ2n) is 5.48. The summed E-state index contributed by atoms with van der Waals surface area (Å²) in [6.07, 6.45) is -17.3. The molecular formula is C14H9BrF10N2S. The van der Waals surface area contributed by atoms with E-state index in [9.17, 15) is 43.9 Å². The maximum atomic E-state index is 14.3. The number of hydrogen-bond acceptors (Lipinski definition) is 3. The Morgan fingerprint density at radius 1 is 0.964 bits per heavy atom. The molecule has 28 heavy (non-hydrogen) atoms. The summed E-state index contributed by atoms with van der Waals surface area (Å²) in [6.45, 7) is 0. The number of hydrogen-bond donors (Lipinski definition) is 1. The summed E-state index contributed by atoms with van der Waals surface area (Å²) < 4.78 is 132. The van der Waals surface area contributed by atoms with Crippen LogP contribution in [0.5, 0.6) is 0 Å². The molecule has 0 saturated carbocycles. The molecule has 0 radical (unpaired) electrons. The average molecular weight is 507 g/mol. The van der Waals surface area contributed by atoms with Gasteiger partial charge in [-0.25, -0.2) is 4.39 Å². The zero-order chi connectivity index (χ0) is 21.7. The molecule has 1 atom stereocenters. The lowest BCUT2D eigenvalue weighted by Crippen LogP contribution is -2.50. The van der Waals surface area contributed by atoms with Crippen LogP contribution in [0.4, 0.5) is 49.6 Å². The topological polar surface area (TPSA) is 15.3 Å². The van der Waals surface area contributed by atoms with Crippen molar-refractivity contribution in [3.8, 4) is 0 Å². The Balaban J connectivity index is 2.81. The van der Waals surface area contributed by atoms with Crippen molar-refractivity contribution in [3.63, 3.8) is 0 Å². The Morgan fingerprint density at radius 2 is 1.50 bits per heavy atom. The van der Waals surface area contributed by atoms with Gasteiger partial charge in [-0.3, -0.25) is 5.32 Å². The molecule has 1 N–H and O–H groups in total. The molecule has 1 aliphatic heterocycles. The van der Waals surface area contributed by atoms with E-state index in [-0.39, 0.29) is 6.07 Å². The summed E-state index contributed by atoms with van der Waals surface area (Å²) in [6, 6.07) is -0.417. The molecular weight excluding hydrogens is 498 g/mol.